The molecule has 0 radical (unpaired) electrons. The molecule has 0 bridgehead atoms. The van der Waals surface area contributed by atoms with Crippen LogP contribution >= 0.6 is 0 Å². The Morgan fingerprint density at radius 3 is 2.60 bits per heavy atom. The van der Waals surface area contributed by atoms with Crippen LogP contribution < -0.4 is 5.73 Å². The van der Waals surface area contributed by atoms with E-state index in [1.165, 1.54) is 16.7 Å². The van der Waals surface area contributed by atoms with Crippen molar-refractivity contribution in [2.24, 2.45) is 5.73 Å². The van der Waals surface area contributed by atoms with Crippen LogP contribution in [0.3, 0.4) is 0 Å². The Balaban J connectivity index is 2.14. The molecule has 0 saturated carbocycles. The highest BCUT2D eigenvalue weighted by molar-refractivity contribution is 5.31. The lowest BCUT2D eigenvalue weighted by Crippen LogP contribution is -2.24. The first-order chi connectivity index (χ1) is 9.51. The summed E-state index contributed by atoms with van der Waals surface area (Å²) < 4.78 is 5.36. The van der Waals surface area contributed by atoms with E-state index in [0.29, 0.717) is 12.3 Å². The summed E-state index contributed by atoms with van der Waals surface area (Å²) in [5.41, 5.74) is 9.74. The Bertz CT molecular complexity index is 575. The fourth-order valence-electron chi connectivity index (χ4n) is 2.36. The molecule has 2 unspecified atom stereocenters. The highest BCUT2D eigenvalue weighted by atomic mass is 16.5. The SMILES string of the molecule is CCC(c1nc(Cc2ccc(C)c(C)c2)no1)C(C)N. The fourth-order valence-corrected chi connectivity index (χ4v) is 2.36. The summed E-state index contributed by atoms with van der Waals surface area (Å²) in [6, 6.07) is 6.44. The zero-order valence-corrected chi connectivity index (χ0v) is 12.7. The van der Waals surface area contributed by atoms with Gasteiger partial charge in [-0.25, -0.2) is 0 Å². The number of rotatable bonds is 5. The Morgan fingerprint density at radius 1 is 1.25 bits per heavy atom. The molecule has 0 spiro atoms. The Kier molecular flexibility index (Phi) is 4.55. The lowest BCUT2D eigenvalue weighted by Gasteiger charge is -2.13. The topological polar surface area (TPSA) is 64.9 Å². The van der Waals surface area contributed by atoms with Crippen molar-refractivity contribution in [3.05, 3.63) is 46.6 Å². The molecule has 1 aromatic heterocycles. The Hall–Kier alpha value is -1.68. The molecule has 2 atom stereocenters. The number of hydrogen-bond acceptors (Lipinski definition) is 4. The maximum atomic E-state index is 5.95. The molecule has 2 aromatic rings. The van der Waals surface area contributed by atoms with Crippen LogP contribution in [-0.2, 0) is 6.42 Å². The van der Waals surface area contributed by atoms with Crippen LogP contribution in [0.25, 0.3) is 0 Å². The highest BCUT2D eigenvalue weighted by Crippen LogP contribution is 2.21. The van der Waals surface area contributed by atoms with Crippen LogP contribution in [0, 0.1) is 13.8 Å². The highest BCUT2D eigenvalue weighted by Gasteiger charge is 2.21. The zero-order chi connectivity index (χ0) is 14.7. The molecule has 0 amide bonds. The second-order valence-corrected chi connectivity index (χ2v) is 5.52. The molecule has 2 rings (SSSR count). The van der Waals surface area contributed by atoms with E-state index in [4.69, 9.17) is 10.3 Å². The van der Waals surface area contributed by atoms with E-state index in [9.17, 15) is 0 Å². The lowest BCUT2D eigenvalue weighted by atomic mass is 9.99. The molecule has 108 valence electrons. The minimum Gasteiger partial charge on any atom is -0.339 e. The first kappa shape index (κ1) is 14.7. The molecule has 0 aliphatic carbocycles. The minimum absolute atomic E-state index is 0.0231. The molecule has 20 heavy (non-hydrogen) atoms. The standard InChI is InChI=1S/C16H23N3O/c1-5-14(12(4)17)16-18-15(19-20-16)9-13-7-6-10(2)11(3)8-13/h6-8,12,14H,5,9,17H2,1-4H3. The van der Waals surface area contributed by atoms with Gasteiger partial charge in [0.05, 0.1) is 5.92 Å². The number of aromatic nitrogens is 2. The second kappa shape index (κ2) is 6.18. The summed E-state index contributed by atoms with van der Waals surface area (Å²) in [7, 11) is 0. The van der Waals surface area contributed by atoms with E-state index in [2.05, 4.69) is 49.1 Å². The third-order valence-corrected chi connectivity index (χ3v) is 3.81. The van der Waals surface area contributed by atoms with Crippen molar-refractivity contribution in [2.45, 2.75) is 52.5 Å². The predicted octanol–water partition coefficient (Wildman–Crippen LogP) is 3.12. The third-order valence-electron chi connectivity index (χ3n) is 3.81. The minimum atomic E-state index is 0.0231. The number of hydrogen-bond donors (Lipinski definition) is 1. The van der Waals surface area contributed by atoms with E-state index < -0.39 is 0 Å². The largest absolute Gasteiger partial charge is 0.339 e. The fraction of sp³-hybridized carbons (Fsp3) is 0.500. The quantitative estimate of drug-likeness (QED) is 0.909. The van der Waals surface area contributed by atoms with Crippen molar-refractivity contribution in [2.75, 3.05) is 0 Å². The molecule has 1 heterocycles. The number of aryl methyl sites for hydroxylation is 2. The number of nitrogens with two attached hydrogens (primary N) is 1. The first-order valence-corrected chi connectivity index (χ1v) is 7.15. The molecular formula is C16H23N3O. The van der Waals surface area contributed by atoms with Gasteiger partial charge in [-0.3, -0.25) is 0 Å². The molecular weight excluding hydrogens is 250 g/mol. The van der Waals surface area contributed by atoms with Gasteiger partial charge in [0, 0.05) is 12.5 Å². The molecule has 2 N–H and O–H groups in total. The van der Waals surface area contributed by atoms with Crippen LogP contribution in [0.4, 0.5) is 0 Å². The van der Waals surface area contributed by atoms with Gasteiger partial charge in [-0.1, -0.05) is 30.3 Å². The summed E-state index contributed by atoms with van der Waals surface area (Å²) >= 11 is 0. The molecule has 0 saturated heterocycles. The average Bonchev–Trinajstić information content (AvgIpc) is 2.82. The van der Waals surface area contributed by atoms with Gasteiger partial charge in [0.2, 0.25) is 5.89 Å². The second-order valence-electron chi connectivity index (χ2n) is 5.52. The predicted molar refractivity (Wildman–Crippen MR) is 79.7 cm³/mol. The Morgan fingerprint density at radius 2 is 2.00 bits per heavy atom. The van der Waals surface area contributed by atoms with E-state index in [-0.39, 0.29) is 12.0 Å². The number of nitrogens with zero attached hydrogens (tertiary/aromatic N) is 2. The van der Waals surface area contributed by atoms with Crippen molar-refractivity contribution in [1.82, 2.24) is 10.1 Å². The van der Waals surface area contributed by atoms with E-state index >= 15 is 0 Å². The lowest BCUT2D eigenvalue weighted by molar-refractivity contribution is 0.331. The van der Waals surface area contributed by atoms with E-state index in [1.807, 2.05) is 6.92 Å². The monoisotopic (exact) mass is 273 g/mol. The summed E-state index contributed by atoms with van der Waals surface area (Å²) in [5.74, 6) is 1.51. The van der Waals surface area contributed by atoms with E-state index in [0.717, 1.165) is 12.2 Å². The van der Waals surface area contributed by atoms with Gasteiger partial charge >= 0.3 is 0 Å². The molecule has 0 fully saturated rings. The molecule has 1 aromatic carbocycles. The van der Waals surface area contributed by atoms with Crippen molar-refractivity contribution >= 4 is 0 Å². The van der Waals surface area contributed by atoms with Crippen LogP contribution in [0.2, 0.25) is 0 Å². The van der Waals surface area contributed by atoms with E-state index in [1.54, 1.807) is 0 Å². The molecule has 0 aliphatic rings. The summed E-state index contributed by atoms with van der Waals surface area (Å²) in [6.45, 7) is 8.28. The van der Waals surface area contributed by atoms with Crippen molar-refractivity contribution in [3.8, 4) is 0 Å². The normalized spacial score (nSPS) is 14.2. The van der Waals surface area contributed by atoms with Gasteiger partial charge in [-0.15, -0.1) is 0 Å². The molecule has 4 heteroatoms. The van der Waals surface area contributed by atoms with Crippen LogP contribution in [0.15, 0.2) is 22.7 Å². The van der Waals surface area contributed by atoms with Crippen molar-refractivity contribution in [3.63, 3.8) is 0 Å². The zero-order valence-electron chi connectivity index (χ0n) is 12.7. The molecule has 4 nitrogen and oxygen atoms in total. The van der Waals surface area contributed by atoms with Crippen LogP contribution in [-0.4, -0.2) is 16.2 Å². The Labute approximate surface area is 120 Å². The van der Waals surface area contributed by atoms with Gasteiger partial charge in [0.15, 0.2) is 5.82 Å². The first-order valence-electron chi connectivity index (χ1n) is 7.15. The van der Waals surface area contributed by atoms with Gasteiger partial charge in [0.1, 0.15) is 0 Å². The maximum Gasteiger partial charge on any atom is 0.231 e. The van der Waals surface area contributed by atoms with Crippen molar-refractivity contribution in [1.29, 1.82) is 0 Å². The van der Waals surface area contributed by atoms with Crippen LogP contribution in [0.5, 0.6) is 0 Å². The van der Waals surface area contributed by atoms with Gasteiger partial charge in [0.25, 0.3) is 0 Å². The third kappa shape index (κ3) is 3.25. The number of benzene rings is 1. The van der Waals surface area contributed by atoms with Gasteiger partial charge in [-0.05, 0) is 43.9 Å². The summed E-state index contributed by atoms with van der Waals surface area (Å²) in [5, 5.41) is 4.07. The average molecular weight is 273 g/mol. The van der Waals surface area contributed by atoms with Gasteiger partial charge in [-0.2, -0.15) is 4.98 Å². The summed E-state index contributed by atoms with van der Waals surface area (Å²) in [6.07, 6.45) is 1.60. The van der Waals surface area contributed by atoms with Gasteiger partial charge < -0.3 is 10.3 Å². The molecule has 0 aliphatic heterocycles. The summed E-state index contributed by atoms with van der Waals surface area (Å²) in [4.78, 5) is 4.49. The van der Waals surface area contributed by atoms with Crippen molar-refractivity contribution < 1.29 is 4.52 Å². The smallest absolute Gasteiger partial charge is 0.231 e. The maximum absolute atomic E-state index is 5.95. The van der Waals surface area contributed by atoms with Crippen LogP contribution in [0.1, 0.15) is 54.6 Å².